The summed E-state index contributed by atoms with van der Waals surface area (Å²) in [5, 5.41) is 14.8. The number of aryl methyl sites for hydroxylation is 2. The van der Waals surface area contributed by atoms with E-state index in [1.807, 2.05) is 18.5 Å². The number of nitrogens with zero attached hydrogens (tertiary/aromatic N) is 4. The molecule has 22 heavy (non-hydrogen) atoms. The van der Waals surface area contributed by atoms with Gasteiger partial charge in [-0.1, -0.05) is 31.2 Å². The first kappa shape index (κ1) is 16.0. The molecular formula is C16H24N6. The first-order valence-electron chi connectivity index (χ1n) is 7.51. The molecule has 1 heterocycles. The summed E-state index contributed by atoms with van der Waals surface area (Å²) in [6, 6.07) is 8.45. The lowest BCUT2D eigenvalue weighted by Gasteiger charge is -2.13. The SMILES string of the molecule is CCc1ccccc1CNC(=NC)NCc1nnc(C)n1C. The van der Waals surface area contributed by atoms with Crippen molar-refractivity contribution < 1.29 is 0 Å². The third-order valence-electron chi connectivity index (χ3n) is 3.77. The minimum absolute atomic E-state index is 0.590. The molecule has 0 saturated carbocycles. The van der Waals surface area contributed by atoms with Gasteiger partial charge in [0.15, 0.2) is 11.8 Å². The lowest BCUT2D eigenvalue weighted by Crippen LogP contribution is -2.37. The predicted octanol–water partition coefficient (Wildman–Crippen LogP) is 1.55. The molecule has 0 aliphatic rings. The van der Waals surface area contributed by atoms with Crippen molar-refractivity contribution in [1.29, 1.82) is 0 Å². The van der Waals surface area contributed by atoms with Crippen LogP contribution in [-0.4, -0.2) is 27.8 Å². The number of guanidine groups is 1. The van der Waals surface area contributed by atoms with Crippen LogP contribution in [0.25, 0.3) is 0 Å². The highest BCUT2D eigenvalue weighted by Crippen LogP contribution is 2.08. The van der Waals surface area contributed by atoms with Crippen molar-refractivity contribution in [3.63, 3.8) is 0 Å². The van der Waals surface area contributed by atoms with Crippen LogP contribution >= 0.6 is 0 Å². The Bertz CT molecular complexity index is 644. The fraction of sp³-hybridized carbons (Fsp3) is 0.438. The van der Waals surface area contributed by atoms with E-state index in [4.69, 9.17) is 0 Å². The normalized spacial score (nSPS) is 11.5. The second-order valence-electron chi connectivity index (χ2n) is 5.12. The number of nitrogens with one attached hydrogen (secondary N) is 2. The van der Waals surface area contributed by atoms with Crippen molar-refractivity contribution in [1.82, 2.24) is 25.4 Å². The summed E-state index contributed by atoms with van der Waals surface area (Å²) in [6.45, 7) is 5.45. The van der Waals surface area contributed by atoms with Crippen LogP contribution in [-0.2, 0) is 26.6 Å². The molecule has 0 fully saturated rings. The van der Waals surface area contributed by atoms with Gasteiger partial charge >= 0.3 is 0 Å². The maximum Gasteiger partial charge on any atom is 0.191 e. The van der Waals surface area contributed by atoms with Gasteiger partial charge in [0.2, 0.25) is 0 Å². The van der Waals surface area contributed by atoms with E-state index in [1.54, 1.807) is 7.05 Å². The zero-order valence-electron chi connectivity index (χ0n) is 13.7. The third-order valence-corrected chi connectivity index (χ3v) is 3.77. The number of aliphatic imine (C=N–C) groups is 1. The van der Waals surface area contributed by atoms with Crippen LogP contribution in [0.2, 0.25) is 0 Å². The lowest BCUT2D eigenvalue weighted by atomic mass is 10.1. The highest BCUT2D eigenvalue weighted by Gasteiger charge is 2.06. The van der Waals surface area contributed by atoms with Gasteiger partial charge in [0.05, 0.1) is 6.54 Å². The first-order valence-corrected chi connectivity index (χ1v) is 7.51. The molecule has 0 saturated heterocycles. The minimum Gasteiger partial charge on any atom is -0.352 e. The number of benzene rings is 1. The van der Waals surface area contributed by atoms with Crippen LogP contribution in [0.1, 0.15) is 29.7 Å². The monoisotopic (exact) mass is 300 g/mol. The molecular weight excluding hydrogens is 276 g/mol. The van der Waals surface area contributed by atoms with Crippen molar-refractivity contribution in [3.8, 4) is 0 Å². The Hall–Kier alpha value is -2.37. The Morgan fingerprint density at radius 2 is 1.82 bits per heavy atom. The molecule has 6 nitrogen and oxygen atoms in total. The molecule has 0 unspecified atom stereocenters. The minimum atomic E-state index is 0.590. The largest absolute Gasteiger partial charge is 0.352 e. The summed E-state index contributed by atoms with van der Waals surface area (Å²) in [6.07, 6.45) is 1.03. The molecule has 0 aliphatic heterocycles. The Kier molecular flexibility index (Phi) is 5.52. The van der Waals surface area contributed by atoms with Gasteiger partial charge in [0, 0.05) is 20.6 Å². The van der Waals surface area contributed by atoms with E-state index in [2.05, 4.69) is 57.0 Å². The standard InChI is InChI=1S/C16H24N6/c1-5-13-8-6-7-9-14(13)10-18-16(17-3)19-11-15-21-20-12(2)22(15)4/h6-9H,5,10-11H2,1-4H3,(H2,17,18,19). The van der Waals surface area contributed by atoms with Gasteiger partial charge in [-0.2, -0.15) is 0 Å². The summed E-state index contributed by atoms with van der Waals surface area (Å²) in [4.78, 5) is 4.25. The molecule has 2 N–H and O–H groups in total. The summed E-state index contributed by atoms with van der Waals surface area (Å²) < 4.78 is 1.96. The van der Waals surface area contributed by atoms with E-state index in [0.717, 1.165) is 30.6 Å². The van der Waals surface area contributed by atoms with Gasteiger partial charge < -0.3 is 15.2 Å². The van der Waals surface area contributed by atoms with Crippen LogP contribution < -0.4 is 10.6 Å². The zero-order chi connectivity index (χ0) is 15.9. The van der Waals surface area contributed by atoms with E-state index in [-0.39, 0.29) is 0 Å². The van der Waals surface area contributed by atoms with Crippen LogP contribution in [0, 0.1) is 6.92 Å². The molecule has 1 aromatic carbocycles. The molecule has 1 aromatic heterocycles. The number of rotatable bonds is 5. The van der Waals surface area contributed by atoms with E-state index >= 15 is 0 Å². The Balaban J connectivity index is 1.91. The Morgan fingerprint density at radius 3 is 2.41 bits per heavy atom. The fourth-order valence-electron chi connectivity index (χ4n) is 2.24. The molecule has 0 radical (unpaired) electrons. The van der Waals surface area contributed by atoms with Gasteiger partial charge in [-0.3, -0.25) is 4.99 Å². The molecule has 2 rings (SSSR count). The lowest BCUT2D eigenvalue weighted by molar-refractivity contribution is 0.716. The number of hydrogen-bond donors (Lipinski definition) is 2. The molecule has 0 spiro atoms. The molecule has 0 atom stereocenters. The van der Waals surface area contributed by atoms with Crippen molar-refractivity contribution in [2.75, 3.05) is 7.05 Å². The highest BCUT2D eigenvalue weighted by atomic mass is 15.3. The van der Waals surface area contributed by atoms with Crippen molar-refractivity contribution in [2.24, 2.45) is 12.0 Å². The maximum atomic E-state index is 4.25. The molecule has 0 aliphatic carbocycles. The summed E-state index contributed by atoms with van der Waals surface area (Å²) in [5.41, 5.74) is 2.65. The van der Waals surface area contributed by atoms with Crippen molar-refractivity contribution in [3.05, 3.63) is 47.0 Å². The topological polar surface area (TPSA) is 67.1 Å². The van der Waals surface area contributed by atoms with Crippen LogP contribution in [0.5, 0.6) is 0 Å². The average Bonchev–Trinajstić information content (AvgIpc) is 2.87. The molecule has 118 valence electrons. The first-order chi connectivity index (χ1) is 10.7. The maximum absolute atomic E-state index is 4.25. The fourth-order valence-corrected chi connectivity index (χ4v) is 2.24. The van der Waals surface area contributed by atoms with Gasteiger partial charge in [0.1, 0.15) is 5.82 Å². The Labute approximate surface area is 131 Å². The highest BCUT2D eigenvalue weighted by molar-refractivity contribution is 5.79. The molecule has 0 bridgehead atoms. The van der Waals surface area contributed by atoms with Crippen LogP contribution in [0.3, 0.4) is 0 Å². The second-order valence-corrected chi connectivity index (χ2v) is 5.12. The molecule has 0 amide bonds. The summed E-state index contributed by atoms with van der Waals surface area (Å²) in [7, 11) is 3.73. The van der Waals surface area contributed by atoms with Gasteiger partial charge in [-0.15, -0.1) is 10.2 Å². The molecule has 2 aromatic rings. The average molecular weight is 300 g/mol. The third kappa shape index (κ3) is 3.84. The summed E-state index contributed by atoms with van der Waals surface area (Å²) in [5.74, 6) is 2.54. The van der Waals surface area contributed by atoms with Gasteiger partial charge in [-0.25, -0.2) is 0 Å². The van der Waals surface area contributed by atoms with Gasteiger partial charge in [0.25, 0.3) is 0 Å². The van der Waals surface area contributed by atoms with Crippen molar-refractivity contribution >= 4 is 5.96 Å². The van der Waals surface area contributed by atoms with E-state index < -0.39 is 0 Å². The van der Waals surface area contributed by atoms with E-state index in [0.29, 0.717) is 6.54 Å². The number of hydrogen-bond acceptors (Lipinski definition) is 3. The quantitative estimate of drug-likeness (QED) is 0.649. The summed E-state index contributed by atoms with van der Waals surface area (Å²) >= 11 is 0. The predicted molar refractivity (Wildman–Crippen MR) is 88.6 cm³/mol. The van der Waals surface area contributed by atoms with E-state index in [9.17, 15) is 0 Å². The Morgan fingerprint density at radius 1 is 1.14 bits per heavy atom. The smallest absolute Gasteiger partial charge is 0.191 e. The van der Waals surface area contributed by atoms with Crippen LogP contribution in [0.15, 0.2) is 29.3 Å². The second kappa shape index (κ2) is 7.59. The van der Waals surface area contributed by atoms with Crippen LogP contribution in [0.4, 0.5) is 0 Å². The van der Waals surface area contributed by atoms with Crippen molar-refractivity contribution in [2.45, 2.75) is 33.4 Å². The zero-order valence-corrected chi connectivity index (χ0v) is 13.7. The molecule has 6 heteroatoms. The number of aromatic nitrogens is 3. The van der Waals surface area contributed by atoms with Gasteiger partial charge in [-0.05, 0) is 24.5 Å². The van der Waals surface area contributed by atoms with E-state index in [1.165, 1.54) is 11.1 Å².